The van der Waals surface area contributed by atoms with Gasteiger partial charge in [0.15, 0.2) is 11.5 Å². The fraction of sp³-hybridized carbons (Fsp3) is 0.0667. The first kappa shape index (κ1) is 20.4. The van der Waals surface area contributed by atoms with Gasteiger partial charge in [-0.1, -0.05) is 69.6 Å². The van der Waals surface area contributed by atoms with Gasteiger partial charge in [-0.2, -0.15) is 0 Å². The standard InChI is InChI=1S/C15H6Cl6O4/c16-6-1-10(20)15(11(21)2-6)25-14(23)5-13(22)24-12-4-8(18)7(17)3-9(12)19/h1-4H,5H2. The topological polar surface area (TPSA) is 52.6 Å². The van der Waals surface area contributed by atoms with Crippen LogP contribution in [-0.4, -0.2) is 11.9 Å². The van der Waals surface area contributed by atoms with Crippen LogP contribution in [0, 0.1) is 0 Å². The minimum absolute atomic E-state index is 0.0201. The summed E-state index contributed by atoms with van der Waals surface area (Å²) >= 11 is 35.0. The number of hydrogen-bond acceptors (Lipinski definition) is 4. The lowest BCUT2D eigenvalue weighted by atomic mass is 10.3. The highest BCUT2D eigenvalue weighted by Crippen LogP contribution is 2.36. The maximum Gasteiger partial charge on any atom is 0.322 e. The van der Waals surface area contributed by atoms with Gasteiger partial charge in [-0.15, -0.1) is 0 Å². The molecule has 0 spiro atoms. The molecule has 0 heterocycles. The summed E-state index contributed by atoms with van der Waals surface area (Å²) in [6.45, 7) is 0. The molecule has 25 heavy (non-hydrogen) atoms. The van der Waals surface area contributed by atoms with Crippen molar-refractivity contribution in [2.75, 3.05) is 0 Å². The first-order valence-corrected chi connectivity index (χ1v) is 8.64. The molecular weight excluding hydrogens is 457 g/mol. The second kappa shape index (κ2) is 8.67. The molecule has 0 atom stereocenters. The fourth-order valence-corrected chi connectivity index (χ4v) is 3.11. The molecular formula is C15H6Cl6O4. The molecule has 0 saturated heterocycles. The number of carbonyl (C=O) groups is 2. The van der Waals surface area contributed by atoms with E-state index < -0.39 is 18.4 Å². The molecule has 132 valence electrons. The largest absolute Gasteiger partial charge is 0.424 e. The van der Waals surface area contributed by atoms with Crippen LogP contribution in [0.4, 0.5) is 0 Å². The molecule has 0 radical (unpaired) electrons. The van der Waals surface area contributed by atoms with Crippen LogP contribution in [0.5, 0.6) is 11.5 Å². The summed E-state index contributed by atoms with van der Waals surface area (Å²) in [6.07, 6.45) is -0.716. The van der Waals surface area contributed by atoms with Gasteiger partial charge in [-0.25, -0.2) is 0 Å². The second-order valence-corrected chi connectivity index (χ2v) is 6.99. The molecule has 2 rings (SSSR count). The number of benzene rings is 2. The number of ether oxygens (including phenoxy) is 2. The zero-order chi connectivity index (χ0) is 18.7. The first-order valence-electron chi connectivity index (χ1n) is 6.38. The first-order chi connectivity index (χ1) is 11.7. The van der Waals surface area contributed by atoms with E-state index in [4.69, 9.17) is 79.1 Å². The fourth-order valence-electron chi connectivity index (χ4n) is 1.64. The minimum Gasteiger partial charge on any atom is -0.424 e. The summed E-state index contributed by atoms with van der Waals surface area (Å²) in [4.78, 5) is 23.7. The third-order valence-corrected chi connectivity index (χ3v) is 4.46. The zero-order valence-electron chi connectivity index (χ0n) is 11.9. The Morgan fingerprint density at radius 2 is 1.20 bits per heavy atom. The van der Waals surface area contributed by atoms with E-state index in [1.807, 2.05) is 0 Å². The van der Waals surface area contributed by atoms with Crippen LogP contribution in [0.1, 0.15) is 6.42 Å². The van der Waals surface area contributed by atoms with E-state index in [1.165, 1.54) is 24.3 Å². The van der Waals surface area contributed by atoms with Gasteiger partial charge in [-0.3, -0.25) is 9.59 Å². The van der Waals surface area contributed by atoms with E-state index in [9.17, 15) is 9.59 Å². The van der Waals surface area contributed by atoms with Crippen LogP contribution in [0.2, 0.25) is 30.1 Å². The van der Waals surface area contributed by atoms with Crippen molar-refractivity contribution < 1.29 is 19.1 Å². The predicted octanol–water partition coefficient (Wildman–Crippen LogP) is 6.51. The molecule has 0 bridgehead atoms. The third-order valence-electron chi connectivity index (χ3n) is 2.67. The molecule has 0 aliphatic rings. The SMILES string of the molecule is O=C(CC(=O)Oc1c(Cl)cc(Cl)cc1Cl)Oc1cc(Cl)c(Cl)cc1Cl. The van der Waals surface area contributed by atoms with E-state index in [0.717, 1.165) is 0 Å². The number of rotatable bonds is 4. The summed E-state index contributed by atoms with van der Waals surface area (Å²) < 4.78 is 9.94. The lowest BCUT2D eigenvalue weighted by molar-refractivity contribution is -0.144. The van der Waals surface area contributed by atoms with Gasteiger partial charge >= 0.3 is 11.9 Å². The Labute approximate surface area is 172 Å². The quantitative estimate of drug-likeness (QED) is 0.225. The Kier molecular flexibility index (Phi) is 7.09. The molecule has 0 amide bonds. The molecule has 2 aromatic rings. The Hall–Kier alpha value is -0.880. The summed E-state index contributed by atoms with van der Waals surface area (Å²) in [5, 5.41) is 0.691. The molecule has 4 nitrogen and oxygen atoms in total. The van der Waals surface area contributed by atoms with Crippen molar-refractivity contribution in [2.45, 2.75) is 6.42 Å². The van der Waals surface area contributed by atoms with Crippen molar-refractivity contribution in [1.82, 2.24) is 0 Å². The van der Waals surface area contributed by atoms with Crippen LogP contribution in [0.15, 0.2) is 24.3 Å². The molecule has 0 N–H and O–H groups in total. The highest BCUT2D eigenvalue weighted by Gasteiger charge is 2.19. The van der Waals surface area contributed by atoms with Gasteiger partial charge in [0.1, 0.15) is 6.42 Å². The number of carbonyl (C=O) groups excluding carboxylic acids is 2. The van der Waals surface area contributed by atoms with Crippen molar-refractivity contribution in [3.8, 4) is 11.5 Å². The summed E-state index contributed by atoms with van der Waals surface area (Å²) in [7, 11) is 0. The van der Waals surface area contributed by atoms with Crippen molar-refractivity contribution in [1.29, 1.82) is 0 Å². The predicted molar refractivity (Wildman–Crippen MR) is 98.8 cm³/mol. The average molecular weight is 463 g/mol. The molecule has 0 fully saturated rings. The van der Waals surface area contributed by atoms with E-state index >= 15 is 0 Å². The molecule has 0 unspecified atom stereocenters. The smallest absolute Gasteiger partial charge is 0.322 e. The van der Waals surface area contributed by atoms with Crippen LogP contribution < -0.4 is 9.47 Å². The molecule has 10 heteroatoms. The van der Waals surface area contributed by atoms with Crippen LogP contribution in [0.3, 0.4) is 0 Å². The molecule has 0 saturated carbocycles. The van der Waals surface area contributed by atoms with Gasteiger partial charge < -0.3 is 9.47 Å². The van der Waals surface area contributed by atoms with E-state index in [-0.39, 0.29) is 41.6 Å². The summed E-state index contributed by atoms with van der Waals surface area (Å²) in [6, 6.07) is 5.23. The minimum atomic E-state index is -0.938. The van der Waals surface area contributed by atoms with Gasteiger partial charge in [-0.05, 0) is 18.2 Å². The van der Waals surface area contributed by atoms with E-state index in [1.54, 1.807) is 0 Å². The highest BCUT2D eigenvalue weighted by molar-refractivity contribution is 6.43. The maximum atomic E-state index is 11.9. The molecule has 2 aromatic carbocycles. The Morgan fingerprint density at radius 3 is 1.80 bits per heavy atom. The van der Waals surface area contributed by atoms with Crippen molar-refractivity contribution in [2.24, 2.45) is 0 Å². The average Bonchev–Trinajstić information content (AvgIpc) is 2.48. The summed E-state index contributed by atoms with van der Waals surface area (Å²) in [5.41, 5.74) is 0. The Balaban J connectivity index is 2.04. The highest BCUT2D eigenvalue weighted by atomic mass is 35.5. The van der Waals surface area contributed by atoms with Crippen LogP contribution in [0.25, 0.3) is 0 Å². The van der Waals surface area contributed by atoms with Gasteiger partial charge in [0.05, 0.1) is 25.1 Å². The van der Waals surface area contributed by atoms with E-state index in [0.29, 0.717) is 0 Å². The Bertz CT molecular complexity index is 829. The third kappa shape index (κ3) is 5.55. The van der Waals surface area contributed by atoms with Crippen LogP contribution >= 0.6 is 69.6 Å². The lowest BCUT2D eigenvalue weighted by Crippen LogP contribution is -2.18. The zero-order valence-corrected chi connectivity index (χ0v) is 16.5. The van der Waals surface area contributed by atoms with E-state index in [2.05, 4.69) is 0 Å². The second-order valence-electron chi connectivity index (χ2n) is 4.52. The molecule has 0 aliphatic carbocycles. The van der Waals surface area contributed by atoms with Gasteiger partial charge in [0.2, 0.25) is 0 Å². The van der Waals surface area contributed by atoms with Crippen LogP contribution in [-0.2, 0) is 9.59 Å². The number of halogens is 6. The lowest BCUT2D eigenvalue weighted by Gasteiger charge is -2.10. The Morgan fingerprint density at radius 1 is 0.680 bits per heavy atom. The monoisotopic (exact) mass is 460 g/mol. The van der Waals surface area contributed by atoms with Gasteiger partial charge in [0, 0.05) is 11.1 Å². The van der Waals surface area contributed by atoms with Crippen molar-refractivity contribution >= 4 is 81.5 Å². The number of esters is 2. The van der Waals surface area contributed by atoms with Crippen molar-refractivity contribution in [3.05, 3.63) is 54.4 Å². The molecule has 0 aromatic heterocycles. The normalized spacial score (nSPS) is 10.5. The number of hydrogen-bond donors (Lipinski definition) is 0. The maximum absolute atomic E-state index is 11.9. The molecule has 0 aliphatic heterocycles. The van der Waals surface area contributed by atoms with Crippen molar-refractivity contribution in [3.63, 3.8) is 0 Å². The van der Waals surface area contributed by atoms with Gasteiger partial charge in [0.25, 0.3) is 0 Å². The summed E-state index contributed by atoms with van der Waals surface area (Å²) in [5.74, 6) is -2.02.